The lowest BCUT2D eigenvalue weighted by molar-refractivity contribution is 1.10. The lowest BCUT2D eigenvalue weighted by Gasteiger charge is -1.95. The molecule has 4 heteroatoms. The van der Waals surface area contributed by atoms with Crippen molar-refractivity contribution < 1.29 is 0 Å². The summed E-state index contributed by atoms with van der Waals surface area (Å²) >= 11 is 6.56. The molecule has 0 spiro atoms. The molecule has 0 saturated carbocycles. The largest absolute Gasteiger partial charge is 0.389 e. The van der Waals surface area contributed by atoms with E-state index in [0.29, 0.717) is 4.99 Å². The Morgan fingerprint density at radius 3 is 2.62 bits per heavy atom. The first kappa shape index (κ1) is 11.2. The summed E-state index contributed by atoms with van der Waals surface area (Å²) in [6, 6.07) is 10.3. The normalized spacial score (nSPS) is 10.3. The highest BCUT2D eigenvalue weighted by Gasteiger charge is 2.09. The number of hydrogen-bond acceptors (Lipinski definition) is 3. The van der Waals surface area contributed by atoms with Crippen molar-refractivity contribution in [1.82, 2.24) is 4.98 Å². The highest BCUT2D eigenvalue weighted by molar-refractivity contribution is 7.81. The fourth-order valence-electron chi connectivity index (χ4n) is 1.53. The summed E-state index contributed by atoms with van der Waals surface area (Å²) in [5.41, 5.74) is 7.81. The summed E-state index contributed by atoms with van der Waals surface area (Å²) in [5.74, 6) is 0. The molecule has 82 valence electrons. The van der Waals surface area contributed by atoms with E-state index in [9.17, 15) is 0 Å². The number of thiocarbonyl (C=S) groups is 1. The van der Waals surface area contributed by atoms with Gasteiger partial charge in [-0.15, -0.1) is 11.3 Å². The van der Waals surface area contributed by atoms with Gasteiger partial charge in [0.1, 0.15) is 4.99 Å². The second-order valence-electron chi connectivity index (χ2n) is 3.55. The van der Waals surface area contributed by atoms with E-state index in [-0.39, 0.29) is 0 Å². The van der Waals surface area contributed by atoms with Gasteiger partial charge in [-0.1, -0.05) is 42.5 Å². The van der Waals surface area contributed by atoms with E-state index >= 15 is 0 Å². The lowest BCUT2D eigenvalue weighted by atomic mass is 10.2. The molecule has 0 unspecified atom stereocenters. The van der Waals surface area contributed by atoms with Crippen molar-refractivity contribution in [2.24, 2.45) is 5.73 Å². The number of aromatic nitrogens is 1. The van der Waals surface area contributed by atoms with E-state index in [2.05, 4.69) is 17.1 Å². The molecule has 0 amide bonds. The van der Waals surface area contributed by atoms with E-state index in [4.69, 9.17) is 18.0 Å². The van der Waals surface area contributed by atoms with Crippen LogP contribution in [0.4, 0.5) is 0 Å². The van der Waals surface area contributed by atoms with Crippen LogP contribution in [0.3, 0.4) is 0 Å². The molecule has 0 radical (unpaired) electrons. The maximum atomic E-state index is 5.62. The van der Waals surface area contributed by atoms with Crippen LogP contribution >= 0.6 is 23.6 Å². The van der Waals surface area contributed by atoms with Crippen LogP contribution in [-0.2, 0) is 6.42 Å². The number of hydrogen-bond donors (Lipinski definition) is 1. The summed E-state index contributed by atoms with van der Waals surface area (Å²) in [7, 11) is 0. The predicted octanol–water partition coefficient (Wildman–Crippen LogP) is 2.68. The molecule has 0 saturated heterocycles. The van der Waals surface area contributed by atoms with Crippen LogP contribution in [0.15, 0.2) is 30.3 Å². The molecule has 16 heavy (non-hydrogen) atoms. The number of nitrogens with zero attached hydrogens (tertiary/aromatic N) is 1. The molecule has 1 heterocycles. The summed E-state index contributed by atoms with van der Waals surface area (Å²) in [5, 5.41) is 1.06. The van der Waals surface area contributed by atoms with E-state index in [1.54, 1.807) is 11.3 Å². The Kier molecular flexibility index (Phi) is 3.31. The van der Waals surface area contributed by atoms with Crippen molar-refractivity contribution in [1.29, 1.82) is 0 Å². The Morgan fingerprint density at radius 2 is 2.06 bits per heavy atom. The Morgan fingerprint density at radius 1 is 1.38 bits per heavy atom. The van der Waals surface area contributed by atoms with Crippen LogP contribution in [0.5, 0.6) is 0 Å². The van der Waals surface area contributed by atoms with Gasteiger partial charge in [0.15, 0.2) is 0 Å². The van der Waals surface area contributed by atoms with Crippen LogP contribution in [-0.4, -0.2) is 9.97 Å². The van der Waals surface area contributed by atoms with Crippen LogP contribution in [0.1, 0.15) is 21.1 Å². The highest BCUT2D eigenvalue weighted by Crippen LogP contribution is 2.20. The third-order valence-corrected chi connectivity index (χ3v) is 3.79. The zero-order valence-corrected chi connectivity index (χ0v) is 10.6. The molecular weight excluding hydrogens is 236 g/mol. The van der Waals surface area contributed by atoms with Gasteiger partial charge in [-0.2, -0.15) is 0 Å². The summed E-state index contributed by atoms with van der Waals surface area (Å²) in [6.07, 6.45) is 0.842. The molecule has 0 aliphatic heterocycles. The van der Waals surface area contributed by atoms with Gasteiger partial charge in [0.2, 0.25) is 0 Å². The third kappa shape index (κ3) is 2.46. The predicted molar refractivity (Wildman–Crippen MR) is 72.0 cm³/mol. The Bertz CT molecular complexity index is 503. The van der Waals surface area contributed by atoms with Gasteiger partial charge in [-0.3, -0.25) is 0 Å². The second kappa shape index (κ2) is 4.72. The van der Waals surface area contributed by atoms with Gasteiger partial charge in [0.25, 0.3) is 0 Å². The monoisotopic (exact) mass is 248 g/mol. The van der Waals surface area contributed by atoms with Gasteiger partial charge in [0, 0.05) is 6.42 Å². The SMILES string of the molecule is Cc1nc(Cc2ccccc2)sc1C(N)=S. The minimum atomic E-state index is 0.439. The van der Waals surface area contributed by atoms with Gasteiger partial charge in [-0.25, -0.2) is 4.98 Å². The van der Waals surface area contributed by atoms with Crippen molar-refractivity contribution in [3.63, 3.8) is 0 Å². The first-order chi connectivity index (χ1) is 7.66. The molecule has 0 aliphatic rings. The number of rotatable bonds is 3. The summed E-state index contributed by atoms with van der Waals surface area (Å²) in [6.45, 7) is 1.94. The van der Waals surface area contributed by atoms with Crippen molar-refractivity contribution in [2.75, 3.05) is 0 Å². The molecule has 1 aromatic carbocycles. The molecule has 1 aromatic heterocycles. The second-order valence-corrected chi connectivity index (χ2v) is 5.07. The van der Waals surface area contributed by atoms with Crippen LogP contribution < -0.4 is 5.73 Å². The van der Waals surface area contributed by atoms with Crippen molar-refractivity contribution >= 4 is 28.5 Å². The van der Waals surface area contributed by atoms with E-state index in [1.165, 1.54) is 5.56 Å². The topological polar surface area (TPSA) is 38.9 Å². The van der Waals surface area contributed by atoms with Gasteiger partial charge >= 0.3 is 0 Å². The zero-order valence-electron chi connectivity index (χ0n) is 8.93. The standard InChI is InChI=1S/C12H12N2S2/c1-8-11(12(13)15)16-10(14-8)7-9-5-3-2-4-6-9/h2-6H,7H2,1H3,(H2,13,15). The number of nitrogens with two attached hydrogens (primary N) is 1. The molecule has 0 atom stereocenters. The quantitative estimate of drug-likeness (QED) is 0.849. The Labute approximate surface area is 104 Å². The average molecular weight is 248 g/mol. The lowest BCUT2D eigenvalue weighted by Crippen LogP contribution is -2.08. The fourth-order valence-corrected chi connectivity index (χ4v) is 2.75. The molecule has 2 rings (SSSR count). The van der Waals surface area contributed by atoms with Crippen molar-refractivity contribution in [3.8, 4) is 0 Å². The number of aryl methyl sites for hydroxylation is 1. The third-order valence-electron chi connectivity index (χ3n) is 2.26. The molecule has 2 aromatic rings. The first-order valence-corrected chi connectivity index (χ1v) is 6.19. The molecule has 0 aliphatic carbocycles. The highest BCUT2D eigenvalue weighted by atomic mass is 32.1. The zero-order chi connectivity index (χ0) is 11.5. The molecule has 2 N–H and O–H groups in total. The molecule has 2 nitrogen and oxygen atoms in total. The van der Waals surface area contributed by atoms with E-state index < -0.39 is 0 Å². The van der Waals surface area contributed by atoms with Gasteiger partial charge < -0.3 is 5.73 Å². The van der Waals surface area contributed by atoms with Crippen LogP contribution in [0, 0.1) is 6.92 Å². The minimum absolute atomic E-state index is 0.439. The maximum absolute atomic E-state index is 5.62. The fraction of sp³-hybridized carbons (Fsp3) is 0.167. The van der Waals surface area contributed by atoms with Crippen LogP contribution in [0.25, 0.3) is 0 Å². The number of thiazole rings is 1. The summed E-state index contributed by atoms with van der Waals surface area (Å²) in [4.78, 5) is 5.85. The van der Waals surface area contributed by atoms with Crippen LogP contribution in [0.2, 0.25) is 0 Å². The first-order valence-electron chi connectivity index (χ1n) is 4.97. The minimum Gasteiger partial charge on any atom is -0.389 e. The smallest absolute Gasteiger partial charge is 0.116 e. The maximum Gasteiger partial charge on any atom is 0.116 e. The van der Waals surface area contributed by atoms with Gasteiger partial charge in [0.05, 0.1) is 15.6 Å². The van der Waals surface area contributed by atoms with E-state index in [0.717, 1.165) is 22.0 Å². The van der Waals surface area contributed by atoms with Crippen molar-refractivity contribution in [3.05, 3.63) is 51.5 Å². The number of benzene rings is 1. The summed E-state index contributed by atoms with van der Waals surface area (Å²) < 4.78 is 0. The molecular formula is C12H12N2S2. The van der Waals surface area contributed by atoms with Crippen molar-refractivity contribution in [2.45, 2.75) is 13.3 Å². The molecule has 0 fully saturated rings. The Balaban J connectivity index is 2.23. The molecule has 0 bridgehead atoms. The Hall–Kier alpha value is -1.26. The van der Waals surface area contributed by atoms with Gasteiger partial charge in [-0.05, 0) is 12.5 Å². The average Bonchev–Trinajstić information content (AvgIpc) is 2.61. The van der Waals surface area contributed by atoms with E-state index in [1.807, 2.05) is 25.1 Å².